The molecule has 0 unspecified atom stereocenters. The molecule has 0 N–H and O–H groups in total. The first-order chi connectivity index (χ1) is 14.3. The van der Waals surface area contributed by atoms with E-state index in [2.05, 4.69) is 15.9 Å². The van der Waals surface area contributed by atoms with Gasteiger partial charge in [-0.05, 0) is 67.2 Å². The zero-order valence-electron chi connectivity index (χ0n) is 17.8. The molecule has 5 nitrogen and oxygen atoms in total. The molecule has 2 aromatic carbocycles. The van der Waals surface area contributed by atoms with Gasteiger partial charge >= 0.3 is 5.97 Å². The lowest BCUT2D eigenvalue weighted by atomic mass is 9.95. The van der Waals surface area contributed by atoms with E-state index in [0.717, 1.165) is 15.7 Å². The highest BCUT2D eigenvalue weighted by Crippen LogP contribution is 2.31. The Morgan fingerprint density at radius 1 is 1.03 bits per heavy atom. The summed E-state index contributed by atoms with van der Waals surface area (Å²) in [5.41, 5.74) is 1.41. The van der Waals surface area contributed by atoms with Gasteiger partial charge in [-0.2, -0.15) is 0 Å². The molecule has 0 atom stereocenters. The van der Waals surface area contributed by atoms with Crippen molar-refractivity contribution in [1.29, 1.82) is 0 Å². The number of piperidine rings is 1. The Morgan fingerprint density at radius 2 is 1.63 bits per heavy atom. The molecule has 1 aliphatic heterocycles. The minimum Gasteiger partial charge on any atom is -0.367 e. The molecule has 0 spiro atoms. The van der Waals surface area contributed by atoms with Gasteiger partial charge in [-0.15, -0.1) is 5.06 Å². The van der Waals surface area contributed by atoms with Crippen LogP contribution in [0.15, 0.2) is 59.1 Å². The van der Waals surface area contributed by atoms with Gasteiger partial charge in [-0.3, -0.25) is 4.79 Å². The minimum absolute atomic E-state index is 0.104. The summed E-state index contributed by atoms with van der Waals surface area (Å²) in [4.78, 5) is 33.0. The van der Waals surface area contributed by atoms with Crippen molar-refractivity contribution in [1.82, 2.24) is 5.06 Å². The molecule has 0 radical (unpaired) electrons. The van der Waals surface area contributed by atoms with Gasteiger partial charge in [0.1, 0.15) is 0 Å². The largest absolute Gasteiger partial charge is 0.367 e. The third-order valence-corrected chi connectivity index (χ3v) is 5.89. The van der Waals surface area contributed by atoms with E-state index in [1.54, 1.807) is 5.06 Å². The van der Waals surface area contributed by atoms with Crippen molar-refractivity contribution >= 4 is 33.5 Å². The number of carbonyl (C=O) groups is 2. The number of carbonyl (C=O) groups excluding carboxylic acids is 2. The molecule has 6 heteroatoms. The first kappa shape index (κ1) is 22.5. The van der Waals surface area contributed by atoms with Crippen LogP contribution in [-0.2, 0) is 21.0 Å². The summed E-state index contributed by atoms with van der Waals surface area (Å²) < 4.78 is 0.894. The average Bonchev–Trinajstić information content (AvgIpc) is 2.73. The maximum Gasteiger partial charge on any atom is 0.330 e. The second kappa shape index (κ2) is 9.75. The van der Waals surface area contributed by atoms with Crippen LogP contribution in [0.2, 0.25) is 0 Å². The van der Waals surface area contributed by atoms with Gasteiger partial charge in [0, 0.05) is 23.5 Å². The van der Waals surface area contributed by atoms with Crippen LogP contribution >= 0.6 is 15.9 Å². The van der Waals surface area contributed by atoms with Crippen LogP contribution in [-0.4, -0.2) is 30.0 Å². The lowest BCUT2D eigenvalue weighted by molar-refractivity contribution is -0.205. The normalized spacial score (nSPS) is 15.6. The summed E-state index contributed by atoms with van der Waals surface area (Å²) in [7, 11) is 0. The first-order valence-electron chi connectivity index (χ1n) is 10.3. The zero-order valence-corrected chi connectivity index (χ0v) is 19.4. The molecule has 1 fully saturated rings. The standard InChI is InChI=1S/C24H29BrN2O3/c1-24(2,3)23(29)30-26-15-13-19(14-16-26)22(28)27(17-18-9-5-4-6-10-18)21-12-8-7-11-20(21)25/h4-12,19H,13-17H2,1-3H3. The predicted octanol–water partition coefficient (Wildman–Crippen LogP) is 5.20. The average molecular weight is 473 g/mol. The Hall–Kier alpha value is -2.18. The highest BCUT2D eigenvalue weighted by atomic mass is 79.9. The fourth-order valence-corrected chi connectivity index (χ4v) is 3.89. The van der Waals surface area contributed by atoms with Crippen molar-refractivity contribution in [2.24, 2.45) is 11.3 Å². The number of halogens is 1. The number of hydroxylamine groups is 2. The maximum absolute atomic E-state index is 13.5. The Kier molecular flexibility index (Phi) is 7.32. The quantitative estimate of drug-likeness (QED) is 0.599. The van der Waals surface area contributed by atoms with E-state index < -0.39 is 5.41 Å². The minimum atomic E-state index is -0.543. The maximum atomic E-state index is 13.5. The lowest BCUT2D eigenvalue weighted by Gasteiger charge is -2.34. The fourth-order valence-electron chi connectivity index (χ4n) is 3.39. The van der Waals surface area contributed by atoms with E-state index in [9.17, 15) is 9.59 Å². The van der Waals surface area contributed by atoms with Crippen molar-refractivity contribution in [3.05, 3.63) is 64.6 Å². The van der Waals surface area contributed by atoms with Crippen molar-refractivity contribution in [2.45, 2.75) is 40.2 Å². The van der Waals surface area contributed by atoms with Gasteiger partial charge in [0.05, 0.1) is 17.6 Å². The molecular weight excluding hydrogens is 444 g/mol. The van der Waals surface area contributed by atoms with Crippen LogP contribution in [0.25, 0.3) is 0 Å². The molecule has 0 aromatic heterocycles. The summed E-state index contributed by atoms with van der Waals surface area (Å²) in [6.07, 6.45) is 1.32. The van der Waals surface area contributed by atoms with Crippen molar-refractivity contribution in [3.8, 4) is 0 Å². The monoisotopic (exact) mass is 472 g/mol. The predicted molar refractivity (Wildman–Crippen MR) is 122 cm³/mol. The number of amides is 1. The summed E-state index contributed by atoms with van der Waals surface area (Å²) >= 11 is 3.60. The summed E-state index contributed by atoms with van der Waals surface area (Å²) in [6.45, 7) is 7.16. The first-order valence-corrected chi connectivity index (χ1v) is 11.1. The van der Waals surface area contributed by atoms with Crippen molar-refractivity contribution in [2.75, 3.05) is 18.0 Å². The molecule has 0 saturated carbocycles. The fraction of sp³-hybridized carbons (Fsp3) is 0.417. The Balaban J connectivity index is 1.71. The van der Waals surface area contributed by atoms with Gasteiger partial charge in [0.2, 0.25) is 5.91 Å². The Morgan fingerprint density at radius 3 is 2.23 bits per heavy atom. The topological polar surface area (TPSA) is 49.9 Å². The van der Waals surface area contributed by atoms with Gasteiger partial charge in [-0.25, -0.2) is 4.79 Å². The van der Waals surface area contributed by atoms with Crippen LogP contribution in [0.1, 0.15) is 39.2 Å². The molecule has 30 heavy (non-hydrogen) atoms. The number of rotatable bonds is 5. The molecule has 1 heterocycles. The molecule has 160 valence electrons. The summed E-state index contributed by atoms with van der Waals surface area (Å²) in [5.74, 6) is -0.246. The van der Waals surface area contributed by atoms with Crippen LogP contribution < -0.4 is 4.90 Å². The molecule has 0 aliphatic carbocycles. The number of benzene rings is 2. The van der Waals surface area contributed by atoms with E-state index >= 15 is 0 Å². The van der Waals surface area contributed by atoms with E-state index in [-0.39, 0.29) is 17.8 Å². The lowest BCUT2D eigenvalue weighted by Crippen LogP contribution is -2.44. The number of nitrogens with zero attached hydrogens (tertiary/aromatic N) is 2. The highest BCUT2D eigenvalue weighted by molar-refractivity contribution is 9.10. The number of anilines is 1. The third kappa shape index (κ3) is 5.70. The van der Waals surface area contributed by atoms with Crippen LogP contribution in [0, 0.1) is 11.3 Å². The number of para-hydroxylation sites is 1. The van der Waals surface area contributed by atoms with E-state index in [0.29, 0.717) is 32.5 Å². The van der Waals surface area contributed by atoms with Gasteiger partial charge in [0.15, 0.2) is 0 Å². The molecule has 1 saturated heterocycles. The Labute approximate surface area is 187 Å². The molecule has 3 rings (SSSR count). The second-order valence-corrected chi connectivity index (χ2v) is 9.55. The summed E-state index contributed by atoms with van der Waals surface area (Å²) in [6, 6.07) is 17.8. The Bertz CT molecular complexity index is 872. The smallest absolute Gasteiger partial charge is 0.330 e. The van der Waals surface area contributed by atoms with E-state index in [1.807, 2.05) is 80.3 Å². The third-order valence-electron chi connectivity index (χ3n) is 5.22. The van der Waals surface area contributed by atoms with E-state index in [4.69, 9.17) is 4.84 Å². The molecule has 1 aliphatic rings. The number of hydrogen-bond acceptors (Lipinski definition) is 4. The SMILES string of the molecule is CC(C)(C)C(=O)ON1CCC(C(=O)N(Cc2ccccc2)c2ccccc2Br)CC1. The van der Waals surface area contributed by atoms with Crippen molar-refractivity contribution in [3.63, 3.8) is 0 Å². The van der Waals surface area contributed by atoms with E-state index in [1.165, 1.54) is 0 Å². The summed E-state index contributed by atoms with van der Waals surface area (Å²) in [5, 5.41) is 1.69. The van der Waals surface area contributed by atoms with Crippen LogP contribution in [0.3, 0.4) is 0 Å². The zero-order chi connectivity index (χ0) is 21.7. The van der Waals surface area contributed by atoms with Gasteiger partial charge < -0.3 is 9.74 Å². The molecular formula is C24H29BrN2O3. The molecule has 0 bridgehead atoms. The number of hydrogen-bond donors (Lipinski definition) is 0. The van der Waals surface area contributed by atoms with Crippen molar-refractivity contribution < 1.29 is 14.4 Å². The van der Waals surface area contributed by atoms with Crippen LogP contribution in [0.5, 0.6) is 0 Å². The molecule has 1 amide bonds. The van der Waals surface area contributed by atoms with Gasteiger partial charge in [0.25, 0.3) is 0 Å². The van der Waals surface area contributed by atoms with Crippen LogP contribution in [0.4, 0.5) is 5.69 Å². The highest BCUT2D eigenvalue weighted by Gasteiger charge is 2.33. The van der Waals surface area contributed by atoms with Gasteiger partial charge in [-0.1, -0.05) is 42.5 Å². The second-order valence-electron chi connectivity index (χ2n) is 8.69. The molecule has 2 aromatic rings.